The third kappa shape index (κ3) is 3.76. The summed E-state index contributed by atoms with van der Waals surface area (Å²) >= 11 is 0. The second kappa shape index (κ2) is 6.18. The average molecular weight is 296 g/mol. The van der Waals surface area contributed by atoms with Crippen molar-refractivity contribution in [3.8, 4) is 5.75 Å². The second-order valence-corrected chi connectivity index (χ2v) is 4.66. The van der Waals surface area contributed by atoms with E-state index in [4.69, 9.17) is 9.84 Å². The number of alkyl halides is 3. The van der Waals surface area contributed by atoms with E-state index in [9.17, 15) is 13.2 Å². The van der Waals surface area contributed by atoms with E-state index >= 15 is 0 Å². The standard InChI is InChI=1S/C16H15F3O2/c1-11(13-5-3-2-4-6-13)21-15-8-7-12(10-20)9-14(15)16(17,18)19/h2-9,11,20H,10H2,1H3. The van der Waals surface area contributed by atoms with Gasteiger partial charge in [0, 0.05) is 0 Å². The predicted octanol–water partition coefficient (Wildman–Crippen LogP) is 4.34. The van der Waals surface area contributed by atoms with Crippen molar-refractivity contribution in [2.75, 3.05) is 0 Å². The van der Waals surface area contributed by atoms with Gasteiger partial charge in [-0.2, -0.15) is 13.2 Å². The fourth-order valence-corrected chi connectivity index (χ4v) is 1.98. The first-order valence-electron chi connectivity index (χ1n) is 6.44. The first-order chi connectivity index (χ1) is 9.91. The minimum Gasteiger partial charge on any atom is -0.485 e. The van der Waals surface area contributed by atoms with Crippen molar-refractivity contribution in [3.63, 3.8) is 0 Å². The molecule has 0 aliphatic heterocycles. The van der Waals surface area contributed by atoms with E-state index in [0.717, 1.165) is 11.6 Å². The molecular formula is C16H15F3O2. The zero-order chi connectivity index (χ0) is 15.5. The van der Waals surface area contributed by atoms with Gasteiger partial charge in [-0.25, -0.2) is 0 Å². The van der Waals surface area contributed by atoms with Gasteiger partial charge >= 0.3 is 6.18 Å². The lowest BCUT2D eigenvalue weighted by Crippen LogP contribution is -2.11. The van der Waals surface area contributed by atoms with Gasteiger partial charge in [0.2, 0.25) is 0 Å². The van der Waals surface area contributed by atoms with Gasteiger partial charge in [0.1, 0.15) is 11.9 Å². The van der Waals surface area contributed by atoms with Crippen LogP contribution < -0.4 is 4.74 Å². The molecule has 1 atom stereocenters. The largest absolute Gasteiger partial charge is 0.485 e. The lowest BCUT2D eigenvalue weighted by atomic mass is 10.1. The molecule has 0 aliphatic rings. The van der Waals surface area contributed by atoms with Crippen molar-refractivity contribution >= 4 is 0 Å². The molecule has 21 heavy (non-hydrogen) atoms. The summed E-state index contributed by atoms with van der Waals surface area (Å²) in [4.78, 5) is 0. The highest BCUT2D eigenvalue weighted by atomic mass is 19.4. The number of rotatable bonds is 4. The van der Waals surface area contributed by atoms with E-state index in [0.29, 0.717) is 0 Å². The number of halogens is 3. The summed E-state index contributed by atoms with van der Waals surface area (Å²) in [5.41, 5.74) is 0.107. The van der Waals surface area contributed by atoms with Crippen molar-refractivity contribution in [1.29, 1.82) is 0 Å². The summed E-state index contributed by atoms with van der Waals surface area (Å²) in [6.07, 6.45) is -5.04. The first-order valence-corrected chi connectivity index (χ1v) is 6.44. The molecule has 1 N–H and O–H groups in total. The summed E-state index contributed by atoms with van der Waals surface area (Å²) in [6.45, 7) is 1.24. The lowest BCUT2D eigenvalue weighted by molar-refractivity contribution is -0.139. The van der Waals surface area contributed by atoms with E-state index in [2.05, 4.69) is 0 Å². The summed E-state index contributed by atoms with van der Waals surface area (Å²) in [5, 5.41) is 8.97. The molecule has 0 aliphatic carbocycles. The van der Waals surface area contributed by atoms with Gasteiger partial charge in [0.15, 0.2) is 0 Å². The van der Waals surface area contributed by atoms with Gasteiger partial charge in [-0.15, -0.1) is 0 Å². The Hall–Kier alpha value is -2.01. The average Bonchev–Trinajstić information content (AvgIpc) is 2.47. The Morgan fingerprint density at radius 3 is 2.33 bits per heavy atom. The molecule has 5 heteroatoms. The summed E-state index contributed by atoms with van der Waals surface area (Å²) in [6, 6.07) is 12.6. The Labute approximate surface area is 120 Å². The summed E-state index contributed by atoms with van der Waals surface area (Å²) in [5.74, 6) is -0.240. The number of aliphatic hydroxyl groups excluding tert-OH is 1. The van der Waals surface area contributed by atoms with Crippen LogP contribution in [-0.2, 0) is 12.8 Å². The topological polar surface area (TPSA) is 29.5 Å². The molecule has 0 aromatic heterocycles. The number of aliphatic hydroxyl groups is 1. The van der Waals surface area contributed by atoms with Crippen molar-refractivity contribution in [2.45, 2.75) is 25.8 Å². The molecule has 1 unspecified atom stereocenters. The van der Waals surface area contributed by atoms with Crippen LogP contribution in [0, 0.1) is 0 Å². The maximum atomic E-state index is 13.1. The van der Waals surface area contributed by atoms with E-state index in [1.165, 1.54) is 12.1 Å². The van der Waals surface area contributed by atoms with E-state index < -0.39 is 24.5 Å². The lowest BCUT2D eigenvalue weighted by Gasteiger charge is -2.19. The van der Waals surface area contributed by atoms with Crippen molar-refractivity contribution < 1.29 is 23.0 Å². The van der Waals surface area contributed by atoms with Crippen molar-refractivity contribution in [2.24, 2.45) is 0 Å². The fourth-order valence-electron chi connectivity index (χ4n) is 1.98. The minimum absolute atomic E-state index is 0.196. The van der Waals surface area contributed by atoms with Crippen LogP contribution in [0.25, 0.3) is 0 Å². The van der Waals surface area contributed by atoms with Crippen LogP contribution in [0.4, 0.5) is 13.2 Å². The maximum absolute atomic E-state index is 13.1. The quantitative estimate of drug-likeness (QED) is 0.909. The monoisotopic (exact) mass is 296 g/mol. The molecule has 0 spiro atoms. The number of benzene rings is 2. The third-order valence-corrected chi connectivity index (χ3v) is 3.10. The van der Waals surface area contributed by atoms with Gasteiger partial charge in [0.25, 0.3) is 0 Å². The van der Waals surface area contributed by atoms with Gasteiger partial charge in [0.05, 0.1) is 12.2 Å². The molecule has 0 saturated heterocycles. The van der Waals surface area contributed by atoms with Crippen molar-refractivity contribution in [3.05, 3.63) is 65.2 Å². The normalized spacial score (nSPS) is 13.0. The molecule has 0 radical (unpaired) electrons. The molecule has 0 heterocycles. The van der Waals surface area contributed by atoms with E-state index in [1.807, 2.05) is 6.07 Å². The maximum Gasteiger partial charge on any atom is 0.419 e. The second-order valence-electron chi connectivity index (χ2n) is 4.66. The smallest absolute Gasteiger partial charge is 0.419 e. The van der Waals surface area contributed by atoms with Crippen molar-refractivity contribution in [1.82, 2.24) is 0 Å². The molecule has 0 saturated carbocycles. The highest BCUT2D eigenvalue weighted by Gasteiger charge is 2.35. The van der Waals surface area contributed by atoms with Crippen LogP contribution in [-0.4, -0.2) is 5.11 Å². The van der Waals surface area contributed by atoms with Crippen LogP contribution in [0.15, 0.2) is 48.5 Å². The Balaban J connectivity index is 2.31. The van der Waals surface area contributed by atoms with Crippen LogP contribution in [0.5, 0.6) is 5.75 Å². The van der Waals surface area contributed by atoms with Gasteiger partial charge in [-0.05, 0) is 30.2 Å². The zero-order valence-electron chi connectivity index (χ0n) is 11.4. The molecule has 0 amide bonds. The molecule has 2 aromatic carbocycles. The molecule has 2 rings (SSSR count). The molecule has 0 bridgehead atoms. The SMILES string of the molecule is CC(Oc1ccc(CO)cc1C(F)(F)F)c1ccccc1. The minimum atomic E-state index is -4.53. The number of hydrogen-bond acceptors (Lipinski definition) is 2. The summed E-state index contributed by atoms with van der Waals surface area (Å²) in [7, 11) is 0. The zero-order valence-corrected chi connectivity index (χ0v) is 11.4. The van der Waals surface area contributed by atoms with Gasteiger partial charge < -0.3 is 9.84 Å². The first kappa shape index (κ1) is 15.4. The number of ether oxygens (including phenoxy) is 1. The molecular weight excluding hydrogens is 281 g/mol. The van der Waals surface area contributed by atoms with Crippen LogP contribution in [0.2, 0.25) is 0 Å². The van der Waals surface area contributed by atoms with Crippen LogP contribution in [0.3, 0.4) is 0 Å². The Kier molecular flexibility index (Phi) is 4.53. The third-order valence-electron chi connectivity index (χ3n) is 3.10. The van der Waals surface area contributed by atoms with Gasteiger partial charge in [-0.1, -0.05) is 36.4 Å². The molecule has 2 nitrogen and oxygen atoms in total. The van der Waals surface area contributed by atoms with Crippen LogP contribution >= 0.6 is 0 Å². The van der Waals surface area contributed by atoms with Gasteiger partial charge in [-0.3, -0.25) is 0 Å². The molecule has 112 valence electrons. The molecule has 0 fully saturated rings. The van der Waals surface area contributed by atoms with E-state index in [1.54, 1.807) is 31.2 Å². The van der Waals surface area contributed by atoms with Crippen LogP contribution in [0.1, 0.15) is 29.7 Å². The fraction of sp³-hybridized carbons (Fsp3) is 0.250. The molecule has 2 aromatic rings. The highest BCUT2D eigenvalue weighted by Crippen LogP contribution is 2.38. The van der Waals surface area contributed by atoms with E-state index in [-0.39, 0.29) is 11.3 Å². The predicted molar refractivity (Wildman–Crippen MR) is 72.9 cm³/mol. The Morgan fingerprint density at radius 1 is 1.10 bits per heavy atom. The Morgan fingerprint density at radius 2 is 1.76 bits per heavy atom. The summed E-state index contributed by atoms with van der Waals surface area (Å²) < 4.78 is 44.6. The number of hydrogen-bond donors (Lipinski definition) is 1. The highest BCUT2D eigenvalue weighted by molar-refractivity contribution is 5.39. The Bertz CT molecular complexity index is 594.